The Balaban J connectivity index is 1.58. The van der Waals surface area contributed by atoms with Crippen LogP contribution in [0.4, 0.5) is 0 Å². The molecule has 26 heavy (non-hydrogen) atoms. The minimum Gasteiger partial charge on any atom is -0.497 e. The highest BCUT2D eigenvalue weighted by Gasteiger charge is 2.03. The average Bonchev–Trinajstić information content (AvgIpc) is 2.72. The van der Waals surface area contributed by atoms with E-state index in [1.165, 1.54) is 18.4 Å². The van der Waals surface area contributed by atoms with Crippen LogP contribution in [-0.4, -0.2) is 17.1 Å². The van der Waals surface area contributed by atoms with Crippen molar-refractivity contribution >= 4 is 0 Å². The Labute approximate surface area is 154 Å². The van der Waals surface area contributed by atoms with E-state index in [0.717, 1.165) is 34.9 Å². The molecule has 4 nitrogen and oxygen atoms in total. The molecule has 0 aliphatic heterocycles. The van der Waals surface area contributed by atoms with E-state index in [9.17, 15) is 0 Å². The van der Waals surface area contributed by atoms with Gasteiger partial charge in [0.15, 0.2) is 5.82 Å². The number of rotatable bonds is 8. The monoisotopic (exact) mass is 348 g/mol. The third-order valence-electron chi connectivity index (χ3n) is 4.20. The normalized spacial score (nSPS) is 10.5. The number of methoxy groups -OCH3 is 1. The van der Waals surface area contributed by atoms with Gasteiger partial charge in [-0.3, -0.25) is 0 Å². The topological polar surface area (TPSA) is 44.2 Å². The maximum atomic E-state index is 5.84. The van der Waals surface area contributed by atoms with Gasteiger partial charge in [-0.15, -0.1) is 0 Å². The van der Waals surface area contributed by atoms with E-state index in [1.54, 1.807) is 7.11 Å². The van der Waals surface area contributed by atoms with Gasteiger partial charge in [0, 0.05) is 18.0 Å². The number of unbranched alkanes of at least 4 members (excludes halogenated alkanes) is 1. The van der Waals surface area contributed by atoms with Gasteiger partial charge in [-0.25, -0.2) is 9.97 Å². The maximum absolute atomic E-state index is 5.84. The Kier molecular flexibility index (Phi) is 6.20. The summed E-state index contributed by atoms with van der Waals surface area (Å²) in [5.41, 5.74) is 3.28. The van der Waals surface area contributed by atoms with Crippen LogP contribution in [0.2, 0.25) is 0 Å². The molecule has 3 aromatic rings. The molecule has 0 bridgehead atoms. The van der Waals surface area contributed by atoms with Crippen molar-refractivity contribution in [3.05, 3.63) is 72.1 Å². The molecule has 0 N–H and O–H groups in total. The predicted octanol–water partition coefficient (Wildman–Crippen LogP) is 5.07. The van der Waals surface area contributed by atoms with E-state index in [1.807, 2.05) is 60.9 Å². The summed E-state index contributed by atoms with van der Waals surface area (Å²) in [7, 11) is 1.66. The zero-order valence-electron chi connectivity index (χ0n) is 15.3. The van der Waals surface area contributed by atoms with Crippen molar-refractivity contribution in [1.29, 1.82) is 0 Å². The van der Waals surface area contributed by atoms with Crippen molar-refractivity contribution in [1.82, 2.24) is 9.97 Å². The number of aromatic nitrogens is 2. The number of ether oxygens (including phenoxy) is 2. The Hall–Kier alpha value is -2.88. The molecule has 0 amide bonds. The molecule has 0 saturated heterocycles. The minimum absolute atomic E-state index is 0.520. The number of nitrogens with zero attached hydrogens (tertiary/aromatic N) is 2. The molecule has 0 saturated carbocycles. The molecule has 0 aliphatic rings. The van der Waals surface area contributed by atoms with Crippen LogP contribution in [0.1, 0.15) is 30.9 Å². The van der Waals surface area contributed by atoms with Crippen molar-refractivity contribution in [3.8, 4) is 22.9 Å². The van der Waals surface area contributed by atoms with Gasteiger partial charge < -0.3 is 9.47 Å². The van der Waals surface area contributed by atoms with E-state index in [4.69, 9.17) is 9.47 Å². The SMILES string of the molecule is CCCCc1cnc(-c2ccc(OCc3ccc(OC)cc3)cc2)nc1. The molecule has 1 heterocycles. The van der Waals surface area contributed by atoms with Gasteiger partial charge in [-0.2, -0.15) is 0 Å². The molecule has 0 aliphatic carbocycles. The predicted molar refractivity (Wildman–Crippen MR) is 103 cm³/mol. The number of hydrogen-bond donors (Lipinski definition) is 0. The van der Waals surface area contributed by atoms with Gasteiger partial charge in [-0.1, -0.05) is 25.5 Å². The molecule has 0 atom stereocenters. The van der Waals surface area contributed by atoms with Gasteiger partial charge in [0.2, 0.25) is 0 Å². The van der Waals surface area contributed by atoms with Crippen LogP contribution >= 0.6 is 0 Å². The van der Waals surface area contributed by atoms with Gasteiger partial charge in [0.1, 0.15) is 18.1 Å². The number of hydrogen-bond acceptors (Lipinski definition) is 4. The molecule has 2 aromatic carbocycles. The molecule has 0 fully saturated rings. The second kappa shape index (κ2) is 8.99. The van der Waals surface area contributed by atoms with Gasteiger partial charge in [0.05, 0.1) is 7.11 Å². The maximum Gasteiger partial charge on any atom is 0.159 e. The summed E-state index contributed by atoms with van der Waals surface area (Å²) in [6.45, 7) is 2.71. The Bertz CT molecular complexity index is 797. The Morgan fingerprint density at radius 2 is 1.46 bits per heavy atom. The number of aryl methyl sites for hydroxylation is 1. The minimum atomic E-state index is 0.520. The van der Waals surface area contributed by atoms with Crippen LogP contribution < -0.4 is 9.47 Å². The highest BCUT2D eigenvalue weighted by Crippen LogP contribution is 2.21. The van der Waals surface area contributed by atoms with Crippen LogP contribution in [0.3, 0.4) is 0 Å². The summed E-state index contributed by atoms with van der Waals surface area (Å²) in [5, 5.41) is 0. The number of benzene rings is 2. The summed E-state index contributed by atoms with van der Waals surface area (Å²) in [6, 6.07) is 15.8. The average molecular weight is 348 g/mol. The first-order chi connectivity index (χ1) is 12.8. The summed E-state index contributed by atoms with van der Waals surface area (Å²) < 4.78 is 11.0. The van der Waals surface area contributed by atoms with Crippen molar-refractivity contribution in [2.45, 2.75) is 32.8 Å². The second-order valence-electron chi connectivity index (χ2n) is 6.18. The highest BCUT2D eigenvalue weighted by molar-refractivity contribution is 5.55. The van der Waals surface area contributed by atoms with Crippen LogP contribution in [0.25, 0.3) is 11.4 Å². The lowest BCUT2D eigenvalue weighted by molar-refractivity contribution is 0.306. The molecule has 3 rings (SSSR count). The fourth-order valence-corrected chi connectivity index (χ4v) is 2.60. The van der Waals surface area contributed by atoms with E-state index in [0.29, 0.717) is 6.61 Å². The second-order valence-corrected chi connectivity index (χ2v) is 6.18. The standard InChI is InChI=1S/C22H24N2O2/c1-3-4-5-18-14-23-22(24-15-18)19-8-12-21(13-9-19)26-16-17-6-10-20(25-2)11-7-17/h6-15H,3-5,16H2,1-2H3. The fourth-order valence-electron chi connectivity index (χ4n) is 2.60. The Morgan fingerprint density at radius 3 is 2.08 bits per heavy atom. The van der Waals surface area contributed by atoms with Gasteiger partial charge in [0.25, 0.3) is 0 Å². The molecule has 0 spiro atoms. The zero-order valence-corrected chi connectivity index (χ0v) is 15.3. The quantitative estimate of drug-likeness (QED) is 0.570. The van der Waals surface area contributed by atoms with Crippen LogP contribution in [0.15, 0.2) is 60.9 Å². The summed E-state index contributed by atoms with van der Waals surface area (Å²) in [6.07, 6.45) is 7.23. The smallest absolute Gasteiger partial charge is 0.159 e. The van der Waals surface area contributed by atoms with Crippen molar-refractivity contribution in [3.63, 3.8) is 0 Å². The van der Waals surface area contributed by atoms with E-state index >= 15 is 0 Å². The van der Waals surface area contributed by atoms with E-state index in [-0.39, 0.29) is 0 Å². The lowest BCUT2D eigenvalue weighted by atomic mass is 10.1. The molecule has 0 unspecified atom stereocenters. The van der Waals surface area contributed by atoms with E-state index < -0.39 is 0 Å². The molecule has 0 radical (unpaired) electrons. The Morgan fingerprint density at radius 1 is 0.808 bits per heavy atom. The fraction of sp³-hybridized carbons (Fsp3) is 0.273. The first-order valence-electron chi connectivity index (χ1n) is 8.95. The summed E-state index contributed by atoms with van der Waals surface area (Å²) >= 11 is 0. The van der Waals surface area contributed by atoms with Gasteiger partial charge in [-0.05, 0) is 60.4 Å². The largest absolute Gasteiger partial charge is 0.497 e. The van der Waals surface area contributed by atoms with Crippen molar-refractivity contribution in [2.24, 2.45) is 0 Å². The van der Waals surface area contributed by atoms with Crippen molar-refractivity contribution < 1.29 is 9.47 Å². The van der Waals surface area contributed by atoms with Crippen molar-refractivity contribution in [2.75, 3.05) is 7.11 Å². The van der Waals surface area contributed by atoms with Crippen LogP contribution in [0, 0.1) is 0 Å². The first kappa shape index (κ1) is 17.9. The molecule has 1 aromatic heterocycles. The third-order valence-corrected chi connectivity index (χ3v) is 4.20. The highest BCUT2D eigenvalue weighted by atomic mass is 16.5. The van der Waals surface area contributed by atoms with Crippen LogP contribution in [-0.2, 0) is 13.0 Å². The zero-order chi connectivity index (χ0) is 18.2. The first-order valence-corrected chi connectivity index (χ1v) is 8.95. The molecule has 4 heteroatoms. The lowest BCUT2D eigenvalue weighted by Crippen LogP contribution is -1.96. The lowest BCUT2D eigenvalue weighted by Gasteiger charge is -2.08. The summed E-state index contributed by atoms with van der Waals surface area (Å²) in [4.78, 5) is 8.96. The summed E-state index contributed by atoms with van der Waals surface area (Å²) in [5.74, 6) is 2.41. The van der Waals surface area contributed by atoms with E-state index in [2.05, 4.69) is 16.9 Å². The van der Waals surface area contributed by atoms with Crippen LogP contribution in [0.5, 0.6) is 11.5 Å². The third kappa shape index (κ3) is 4.82. The molecule has 134 valence electrons. The van der Waals surface area contributed by atoms with Gasteiger partial charge >= 0.3 is 0 Å². The molecular formula is C22H24N2O2. The molecular weight excluding hydrogens is 324 g/mol.